The monoisotopic (exact) mass is 331 g/mol. The molecule has 2 aromatic rings. The number of aromatic nitrogens is 2. The second-order valence-corrected chi connectivity index (χ2v) is 8.30. The number of aromatic amines is 1. The Kier molecular flexibility index (Phi) is 3.24. The molecule has 0 spiro atoms. The zero-order chi connectivity index (χ0) is 16.4. The summed E-state index contributed by atoms with van der Waals surface area (Å²) in [5.74, 6) is 1.77. The average Bonchev–Trinajstić information content (AvgIpc) is 3.12. The molecule has 0 radical (unpaired) electrons. The molecule has 1 unspecified atom stereocenters. The van der Waals surface area contributed by atoms with Crippen molar-refractivity contribution in [2.45, 2.75) is 39.7 Å². The van der Waals surface area contributed by atoms with Crippen LogP contribution in [0.3, 0.4) is 0 Å². The maximum Gasteiger partial charge on any atom is 0.268 e. The van der Waals surface area contributed by atoms with E-state index in [1.54, 1.807) is 18.3 Å². The highest BCUT2D eigenvalue weighted by Gasteiger charge is 2.54. The molecule has 2 aromatic heterocycles. The van der Waals surface area contributed by atoms with E-state index in [0.717, 1.165) is 5.39 Å². The molecule has 2 aliphatic rings. The van der Waals surface area contributed by atoms with Crippen LogP contribution in [0.4, 0.5) is 0 Å². The van der Waals surface area contributed by atoms with E-state index in [2.05, 4.69) is 36.1 Å². The van der Waals surface area contributed by atoms with Gasteiger partial charge in [0, 0.05) is 17.6 Å². The summed E-state index contributed by atoms with van der Waals surface area (Å²) in [7, 11) is 0. The molecule has 23 heavy (non-hydrogen) atoms. The van der Waals surface area contributed by atoms with Crippen LogP contribution >= 0.6 is 11.6 Å². The van der Waals surface area contributed by atoms with Gasteiger partial charge in [0.25, 0.3) is 5.91 Å². The molecule has 4 nitrogen and oxygen atoms in total. The Labute approximate surface area is 141 Å². The van der Waals surface area contributed by atoms with E-state index in [-0.39, 0.29) is 11.9 Å². The van der Waals surface area contributed by atoms with Gasteiger partial charge >= 0.3 is 0 Å². The number of amides is 1. The normalized spacial score (nSPS) is 31.7. The molecule has 2 saturated carbocycles. The van der Waals surface area contributed by atoms with Gasteiger partial charge in [-0.05, 0) is 48.1 Å². The van der Waals surface area contributed by atoms with Gasteiger partial charge in [0.05, 0.1) is 5.02 Å². The van der Waals surface area contributed by atoms with Crippen molar-refractivity contribution in [1.82, 2.24) is 15.3 Å². The lowest BCUT2D eigenvalue weighted by Gasteiger charge is -2.39. The zero-order valence-corrected chi connectivity index (χ0v) is 14.4. The van der Waals surface area contributed by atoms with Crippen LogP contribution < -0.4 is 5.32 Å². The van der Waals surface area contributed by atoms with E-state index >= 15 is 0 Å². The molecular formula is C18H22ClN3O. The first-order valence-electron chi connectivity index (χ1n) is 8.31. The van der Waals surface area contributed by atoms with Gasteiger partial charge in [-0.1, -0.05) is 32.4 Å². The number of pyridine rings is 1. The number of hydrogen-bond donors (Lipinski definition) is 2. The molecule has 1 amide bonds. The average molecular weight is 332 g/mol. The van der Waals surface area contributed by atoms with Crippen molar-refractivity contribution in [2.24, 2.45) is 23.2 Å². The summed E-state index contributed by atoms with van der Waals surface area (Å²) in [6, 6.07) is 3.80. The summed E-state index contributed by atoms with van der Waals surface area (Å²) in [4.78, 5) is 20.0. The maximum atomic E-state index is 12.7. The smallest absolute Gasteiger partial charge is 0.268 e. The van der Waals surface area contributed by atoms with Crippen LogP contribution in [0.1, 0.15) is 44.1 Å². The minimum absolute atomic E-state index is 0.0544. The van der Waals surface area contributed by atoms with Gasteiger partial charge in [-0.25, -0.2) is 4.98 Å². The van der Waals surface area contributed by atoms with Crippen molar-refractivity contribution in [1.29, 1.82) is 0 Å². The van der Waals surface area contributed by atoms with Gasteiger partial charge in [-0.3, -0.25) is 4.79 Å². The second-order valence-electron chi connectivity index (χ2n) is 7.89. The van der Waals surface area contributed by atoms with E-state index in [1.165, 1.54) is 12.8 Å². The van der Waals surface area contributed by atoms with Gasteiger partial charge in [-0.15, -0.1) is 0 Å². The zero-order valence-electron chi connectivity index (χ0n) is 13.7. The van der Waals surface area contributed by atoms with Crippen molar-refractivity contribution in [2.75, 3.05) is 0 Å². The number of nitrogens with one attached hydrogen (secondary N) is 2. The number of carbonyl (C=O) groups is 1. The first-order valence-corrected chi connectivity index (χ1v) is 8.69. The number of hydrogen-bond acceptors (Lipinski definition) is 2. The molecule has 0 aliphatic heterocycles. The van der Waals surface area contributed by atoms with Gasteiger partial charge in [-0.2, -0.15) is 0 Å². The van der Waals surface area contributed by atoms with Crippen LogP contribution in [0.15, 0.2) is 18.3 Å². The fraction of sp³-hybridized carbons (Fsp3) is 0.556. The second kappa shape index (κ2) is 4.97. The van der Waals surface area contributed by atoms with Crippen molar-refractivity contribution >= 4 is 28.5 Å². The van der Waals surface area contributed by atoms with Crippen LogP contribution in [0.2, 0.25) is 5.02 Å². The van der Waals surface area contributed by atoms with Gasteiger partial charge in [0.15, 0.2) is 0 Å². The predicted octanol–water partition coefficient (Wildman–Crippen LogP) is 4.02. The Balaban J connectivity index is 1.55. The number of fused-ring (bicyclic) bond motifs is 3. The molecule has 2 aliphatic carbocycles. The van der Waals surface area contributed by atoms with Gasteiger partial charge < -0.3 is 10.3 Å². The quantitative estimate of drug-likeness (QED) is 0.873. The SMILES string of the molecule is C[C@@H]1[C@@H](NC(=O)c2cc3c(Cl)ccnc3[nH]2)C2C[C@@H]1C(C)(C)C2. The Morgan fingerprint density at radius 1 is 1.48 bits per heavy atom. The standard InChI is InChI=1S/C18H22ClN3O/c1-9-12-6-10(8-18(12,2)3)15(9)22-17(23)14-7-11-13(19)4-5-20-16(11)21-14/h4-5,7,9-10,12,15H,6,8H2,1-3H3,(H,20,21)(H,22,23)/t9-,10?,12-,15+/m0/s1. The van der Waals surface area contributed by atoms with Crippen LogP contribution in [-0.2, 0) is 0 Å². The Hall–Kier alpha value is -1.55. The first-order chi connectivity index (χ1) is 10.9. The van der Waals surface area contributed by atoms with Crippen molar-refractivity contribution in [3.05, 3.63) is 29.0 Å². The van der Waals surface area contributed by atoms with E-state index in [0.29, 0.717) is 39.5 Å². The predicted molar refractivity (Wildman–Crippen MR) is 91.5 cm³/mol. The van der Waals surface area contributed by atoms with Crippen molar-refractivity contribution in [3.8, 4) is 0 Å². The van der Waals surface area contributed by atoms with Gasteiger partial charge in [0.2, 0.25) is 0 Å². The molecule has 2 fully saturated rings. The van der Waals surface area contributed by atoms with E-state index in [9.17, 15) is 4.79 Å². The third-order valence-electron chi connectivity index (χ3n) is 6.08. The number of nitrogens with zero attached hydrogens (tertiary/aromatic N) is 1. The van der Waals surface area contributed by atoms with Crippen LogP contribution in [0.5, 0.6) is 0 Å². The third kappa shape index (κ3) is 2.26. The fourth-order valence-electron chi connectivity index (χ4n) is 5.03. The number of H-pyrrole nitrogens is 1. The topological polar surface area (TPSA) is 57.8 Å². The van der Waals surface area contributed by atoms with E-state index in [4.69, 9.17) is 11.6 Å². The van der Waals surface area contributed by atoms with Crippen molar-refractivity contribution < 1.29 is 4.79 Å². The molecule has 2 bridgehead atoms. The van der Waals surface area contributed by atoms with Crippen LogP contribution in [0.25, 0.3) is 11.0 Å². The lowest BCUT2D eigenvalue weighted by molar-refractivity contribution is 0.0832. The van der Waals surface area contributed by atoms with E-state index < -0.39 is 0 Å². The minimum atomic E-state index is -0.0544. The molecule has 122 valence electrons. The number of halogens is 1. The summed E-state index contributed by atoms with van der Waals surface area (Å²) >= 11 is 6.16. The summed E-state index contributed by atoms with van der Waals surface area (Å²) < 4.78 is 0. The summed E-state index contributed by atoms with van der Waals surface area (Å²) in [5.41, 5.74) is 1.60. The first kappa shape index (κ1) is 15.0. The highest BCUT2D eigenvalue weighted by atomic mass is 35.5. The molecule has 0 aromatic carbocycles. The Morgan fingerprint density at radius 3 is 2.91 bits per heavy atom. The fourth-order valence-corrected chi connectivity index (χ4v) is 5.23. The highest BCUT2D eigenvalue weighted by molar-refractivity contribution is 6.35. The van der Waals surface area contributed by atoms with Crippen LogP contribution in [-0.4, -0.2) is 21.9 Å². The third-order valence-corrected chi connectivity index (χ3v) is 6.41. The maximum absolute atomic E-state index is 12.7. The highest BCUT2D eigenvalue weighted by Crippen LogP contribution is 2.58. The van der Waals surface area contributed by atoms with Crippen molar-refractivity contribution in [3.63, 3.8) is 0 Å². The van der Waals surface area contributed by atoms with Crippen LogP contribution in [0, 0.1) is 23.2 Å². The lowest BCUT2D eigenvalue weighted by atomic mass is 9.70. The number of rotatable bonds is 2. The molecule has 5 heteroatoms. The Bertz CT molecular complexity index is 780. The largest absolute Gasteiger partial charge is 0.347 e. The summed E-state index contributed by atoms with van der Waals surface area (Å²) in [6.45, 7) is 7.00. The molecule has 0 saturated heterocycles. The number of carbonyl (C=O) groups excluding carboxylic acids is 1. The lowest BCUT2D eigenvalue weighted by Crippen LogP contribution is -2.46. The summed E-state index contributed by atoms with van der Waals surface area (Å²) in [5, 5.41) is 4.66. The molecule has 4 rings (SSSR count). The molecule has 2 heterocycles. The molecule has 2 N–H and O–H groups in total. The molecule has 4 atom stereocenters. The Morgan fingerprint density at radius 2 is 2.26 bits per heavy atom. The van der Waals surface area contributed by atoms with E-state index in [1.807, 2.05) is 0 Å². The molecular weight excluding hydrogens is 310 g/mol. The minimum Gasteiger partial charge on any atom is -0.347 e. The summed E-state index contributed by atoms with van der Waals surface area (Å²) in [6.07, 6.45) is 4.08. The van der Waals surface area contributed by atoms with Gasteiger partial charge in [0.1, 0.15) is 11.3 Å².